The van der Waals surface area contributed by atoms with Crippen LogP contribution < -0.4 is 5.32 Å². The molecule has 5 nitrogen and oxygen atoms in total. The van der Waals surface area contributed by atoms with Crippen molar-refractivity contribution >= 4 is 12.5 Å². The Kier molecular flexibility index (Phi) is 9.38. The first-order chi connectivity index (χ1) is 13.5. The Labute approximate surface area is 170 Å². The van der Waals surface area contributed by atoms with Crippen LogP contribution >= 0.6 is 0 Å². The summed E-state index contributed by atoms with van der Waals surface area (Å²) in [6, 6.07) is 4.30. The van der Waals surface area contributed by atoms with Gasteiger partial charge in [0.25, 0.3) is 0 Å². The minimum atomic E-state index is 0.317. The molecule has 2 rings (SSSR count). The van der Waals surface area contributed by atoms with Gasteiger partial charge in [-0.2, -0.15) is 0 Å². The van der Waals surface area contributed by atoms with Crippen LogP contribution in [0.4, 0.5) is 5.82 Å². The topological polar surface area (TPSA) is 49.8 Å². The molecule has 1 saturated heterocycles. The molecule has 0 radical (unpaired) electrons. The number of hydrogen-bond donors (Lipinski definition) is 1. The Bertz CT molecular complexity index is 675. The van der Waals surface area contributed by atoms with Crippen LogP contribution in [0.3, 0.4) is 0 Å². The van der Waals surface area contributed by atoms with Crippen LogP contribution in [0, 0.1) is 5.92 Å². The maximum absolute atomic E-state index is 5.47. The van der Waals surface area contributed by atoms with Gasteiger partial charge in [-0.3, -0.25) is 9.89 Å². The molecule has 1 fully saturated rings. The van der Waals surface area contributed by atoms with Crippen molar-refractivity contribution in [2.24, 2.45) is 10.9 Å². The van der Waals surface area contributed by atoms with Gasteiger partial charge in [0.15, 0.2) is 0 Å². The number of ether oxygens (including phenoxy) is 1. The predicted molar refractivity (Wildman–Crippen MR) is 119 cm³/mol. The second-order valence-electron chi connectivity index (χ2n) is 7.88. The van der Waals surface area contributed by atoms with Crippen LogP contribution in [-0.2, 0) is 4.74 Å². The van der Waals surface area contributed by atoms with Gasteiger partial charge in [-0.05, 0) is 49.8 Å². The summed E-state index contributed by atoms with van der Waals surface area (Å²) in [6.07, 6.45) is 7.22. The number of nitrogens with one attached hydrogen (secondary N) is 1. The van der Waals surface area contributed by atoms with Crippen LogP contribution in [-0.4, -0.2) is 56.0 Å². The predicted octanol–water partition coefficient (Wildman–Crippen LogP) is 4.51. The van der Waals surface area contributed by atoms with Crippen LogP contribution in [0.25, 0.3) is 0 Å². The first kappa shape index (κ1) is 22.3. The molecule has 1 aromatic rings. The summed E-state index contributed by atoms with van der Waals surface area (Å²) in [7, 11) is 0. The molecule has 0 aliphatic carbocycles. The van der Waals surface area contributed by atoms with Crippen LogP contribution in [0.15, 0.2) is 46.7 Å². The SMILES string of the molecule is C=N/C(C)=C\C=C(/CCN1CCOCC1)C(C)c1ccnc(NCC(C)C)c1. The Morgan fingerprint density at radius 2 is 2.07 bits per heavy atom. The molecule has 1 aromatic heterocycles. The van der Waals surface area contributed by atoms with Gasteiger partial charge in [-0.25, -0.2) is 4.98 Å². The molecule has 0 spiro atoms. The smallest absolute Gasteiger partial charge is 0.126 e. The lowest BCUT2D eigenvalue weighted by molar-refractivity contribution is 0.0383. The third-order valence-electron chi connectivity index (χ3n) is 5.14. The number of rotatable bonds is 10. The van der Waals surface area contributed by atoms with Gasteiger partial charge in [-0.1, -0.05) is 32.4 Å². The van der Waals surface area contributed by atoms with E-state index < -0.39 is 0 Å². The Balaban J connectivity index is 2.13. The van der Waals surface area contributed by atoms with Crippen molar-refractivity contribution in [3.8, 4) is 0 Å². The Morgan fingerprint density at radius 3 is 2.75 bits per heavy atom. The number of nitrogens with zero attached hydrogens (tertiary/aromatic N) is 3. The second-order valence-corrected chi connectivity index (χ2v) is 7.88. The highest BCUT2D eigenvalue weighted by atomic mass is 16.5. The van der Waals surface area contributed by atoms with Gasteiger partial charge in [0.05, 0.1) is 13.2 Å². The molecule has 0 bridgehead atoms. The molecule has 0 saturated carbocycles. The molecule has 1 aliphatic rings. The average Bonchev–Trinajstić information content (AvgIpc) is 2.72. The average molecular weight is 385 g/mol. The summed E-state index contributed by atoms with van der Waals surface area (Å²) in [6.45, 7) is 18.0. The first-order valence-electron chi connectivity index (χ1n) is 10.3. The molecular weight excluding hydrogens is 348 g/mol. The number of allylic oxidation sites excluding steroid dienone is 3. The lowest BCUT2D eigenvalue weighted by atomic mass is 9.90. The summed E-state index contributed by atoms with van der Waals surface area (Å²) < 4.78 is 5.47. The van der Waals surface area contributed by atoms with Crippen molar-refractivity contribution in [1.82, 2.24) is 9.88 Å². The Hall–Kier alpha value is -1.98. The first-order valence-corrected chi connectivity index (χ1v) is 10.3. The monoisotopic (exact) mass is 384 g/mol. The van der Waals surface area contributed by atoms with Crippen LogP contribution in [0.1, 0.15) is 45.6 Å². The third-order valence-corrected chi connectivity index (χ3v) is 5.14. The number of anilines is 1. The minimum absolute atomic E-state index is 0.317. The van der Waals surface area contributed by atoms with Gasteiger partial charge in [0.2, 0.25) is 0 Å². The third kappa shape index (κ3) is 7.56. The zero-order chi connectivity index (χ0) is 20.4. The fourth-order valence-electron chi connectivity index (χ4n) is 3.17. The van der Waals surface area contributed by atoms with Crippen molar-refractivity contribution in [1.29, 1.82) is 0 Å². The minimum Gasteiger partial charge on any atom is -0.379 e. The van der Waals surface area contributed by atoms with Crippen LogP contribution in [0.2, 0.25) is 0 Å². The Morgan fingerprint density at radius 1 is 1.32 bits per heavy atom. The number of hydrogen-bond acceptors (Lipinski definition) is 5. The van der Waals surface area contributed by atoms with Crippen molar-refractivity contribution in [2.45, 2.75) is 40.0 Å². The normalized spacial score (nSPS) is 17.6. The van der Waals surface area contributed by atoms with Gasteiger partial charge < -0.3 is 10.1 Å². The summed E-state index contributed by atoms with van der Waals surface area (Å²) in [4.78, 5) is 11.0. The van der Waals surface area contributed by atoms with Gasteiger partial charge in [0, 0.05) is 44.0 Å². The van der Waals surface area contributed by atoms with Gasteiger partial charge in [-0.15, -0.1) is 0 Å². The van der Waals surface area contributed by atoms with E-state index in [0.717, 1.165) is 57.3 Å². The van der Waals surface area contributed by atoms with E-state index in [9.17, 15) is 0 Å². The number of morpholine rings is 1. The largest absolute Gasteiger partial charge is 0.379 e. The summed E-state index contributed by atoms with van der Waals surface area (Å²) >= 11 is 0. The van der Waals surface area contributed by atoms with E-state index in [1.807, 2.05) is 13.1 Å². The highest BCUT2D eigenvalue weighted by Crippen LogP contribution is 2.28. The lowest BCUT2D eigenvalue weighted by Gasteiger charge is -2.28. The molecule has 2 heterocycles. The van der Waals surface area contributed by atoms with Crippen LogP contribution in [0.5, 0.6) is 0 Å². The number of pyridine rings is 1. The molecule has 5 heteroatoms. The molecule has 1 atom stereocenters. The van der Waals surface area contributed by atoms with E-state index in [0.29, 0.717) is 11.8 Å². The van der Waals surface area contributed by atoms with E-state index in [1.165, 1.54) is 11.1 Å². The molecule has 0 aromatic carbocycles. The summed E-state index contributed by atoms with van der Waals surface area (Å²) in [5, 5.41) is 3.43. The van der Waals surface area contributed by atoms with E-state index in [2.05, 4.69) is 72.0 Å². The molecule has 0 amide bonds. The number of aromatic nitrogens is 1. The molecule has 1 aliphatic heterocycles. The van der Waals surface area contributed by atoms with Gasteiger partial charge >= 0.3 is 0 Å². The standard InChI is InChI=1S/C23H36N4O/c1-18(2)17-26-23-16-22(8-10-25-23)20(4)21(7-6-19(3)24-5)9-11-27-12-14-28-15-13-27/h6-8,10,16,18,20H,5,9,11-15,17H2,1-4H3,(H,25,26)/b19-6-,21-7+. The fraction of sp³-hybridized carbons (Fsp3) is 0.565. The maximum atomic E-state index is 5.47. The van der Waals surface area contributed by atoms with E-state index in [1.54, 1.807) is 0 Å². The second kappa shape index (κ2) is 11.8. The molecule has 154 valence electrons. The van der Waals surface area contributed by atoms with E-state index in [4.69, 9.17) is 4.74 Å². The van der Waals surface area contributed by atoms with E-state index in [-0.39, 0.29) is 0 Å². The molecule has 28 heavy (non-hydrogen) atoms. The highest BCUT2D eigenvalue weighted by molar-refractivity contribution is 5.41. The van der Waals surface area contributed by atoms with Gasteiger partial charge in [0.1, 0.15) is 5.82 Å². The van der Waals surface area contributed by atoms with E-state index >= 15 is 0 Å². The quantitative estimate of drug-likeness (QED) is 0.476. The summed E-state index contributed by atoms with van der Waals surface area (Å²) in [5.74, 6) is 1.86. The fourth-order valence-corrected chi connectivity index (χ4v) is 3.17. The molecule has 1 N–H and O–H groups in total. The highest BCUT2D eigenvalue weighted by Gasteiger charge is 2.15. The number of aliphatic imine (C=N–C) groups is 1. The zero-order valence-corrected chi connectivity index (χ0v) is 17.9. The van der Waals surface area contributed by atoms with Crippen molar-refractivity contribution in [2.75, 3.05) is 44.7 Å². The summed E-state index contributed by atoms with van der Waals surface area (Å²) in [5.41, 5.74) is 3.62. The van der Waals surface area contributed by atoms with Crippen molar-refractivity contribution in [3.05, 3.63) is 47.3 Å². The van der Waals surface area contributed by atoms with Crippen molar-refractivity contribution in [3.63, 3.8) is 0 Å². The molecule has 1 unspecified atom stereocenters. The maximum Gasteiger partial charge on any atom is 0.126 e. The zero-order valence-electron chi connectivity index (χ0n) is 17.9. The van der Waals surface area contributed by atoms with Crippen molar-refractivity contribution < 1.29 is 4.74 Å². The molecular formula is C23H36N4O. The lowest BCUT2D eigenvalue weighted by Crippen LogP contribution is -2.37.